The first-order valence-electron chi connectivity index (χ1n) is 21.0. The standard InChI is InChI=1S/C54H42.2C2H6/c1-5-15-37-31-51(45(16-6-2)36(4)35(37)3)40-19-13-18-38(29-40)39-27-28-44-34-54(50-26-12-11-25-49(50)52(44)32-39)42-21-14-20-41(30-42)53-33-43-17-7-8-22-46(43)47-23-9-10-24-48(47)53;2*1-2/h5-34H,1-4H3;2*1-2H3/b15-5-,16-6-;;. The van der Waals surface area contributed by atoms with E-state index in [2.05, 4.69) is 210 Å². The molecular weight excluding hydrogens is 697 g/mol. The van der Waals surface area contributed by atoms with Gasteiger partial charge in [-0.15, -0.1) is 0 Å². The van der Waals surface area contributed by atoms with Crippen LogP contribution in [0, 0.1) is 13.8 Å². The number of allylic oxidation sites excluding steroid dienone is 2. The van der Waals surface area contributed by atoms with Gasteiger partial charge in [-0.05, 0) is 174 Å². The lowest BCUT2D eigenvalue weighted by molar-refractivity contribution is 1.31. The Morgan fingerprint density at radius 2 is 0.793 bits per heavy atom. The zero-order valence-electron chi connectivity index (χ0n) is 35.3. The Kier molecular flexibility index (Phi) is 12.2. The van der Waals surface area contributed by atoms with Crippen LogP contribution in [-0.2, 0) is 0 Å². The minimum absolute atomic E-state index is 1.22. The topological polar surface area (TPSA) is 0 Å². The molecule has 9 rings (SSSR count). The quantitative estimate of drug-likeness (QED) is 0.149. The van der Waals surface area contributed by atoms with E-state index in [-0.39, 0.29) is 0 Å². The van der Waals surface area contributed by atoms with Crippen molar-refractivity contribution in [1.82, 2.24) is 0 Å². The molecule has 0 unspecified atom stereocenters. The predicted molar refractivity (Wildman–Crippen MR) is 260 cm³/mol. The summed E-state index contributed by atoms with van der Waals surface area (Å²) >= 11 is 0. The van der Waals surface area contributed by atoms with Gasteiger partial charge in [0.05, 0.1) is 0 Å². The highest BCUT2D eigenvalue weighted by atomic mass is 14.2. The Labute approximate surface area is 345 Å². The van der Waals surface area contributed by atoms with Crippen LogP contribution in [0.2, 0.25) is 0 Å². The van der Waals surface area contributed by atoms with E-state index in [9.17, 15) is 0 Å². The van der Waals surface area contributed by atoms with Gasteiger partial charge in [0.25, 0.3) is 0 Å². The minimum atomic E-state index is 1.22. The lowest BCUT2D eigenvalue weighted by Gasteiger charge is -2.17. The fourth-order valence-corrected chi connectivity index (χ4v) is 8.47. The molecule has 0 spiro atoms. The van der Waals surface area contributed by atoms with E-state index < -0.39 is 0 Å². The van der Waals surface area contributed by atoms with Crippen LogP contribution in [-0.4, -0.2) is 0 Å². The second-order valence-electron chi connectivity index (χ2n) is 14.4. The van der Waals surface area contributed by atoms with Gasteiger partial charge >= 0.3 is 0 Å². The maximum atomic E-state index is 2.39. The van der Waals surface area contributed by atoms with E-state index >= 15 is 0 Å². The number of benzene rings is 9. The molecule has 0 bridgehead atoms. The van der Waals surface area contributed by atoms with Crippen LogP contribution < -0.4 is 0 Å². The molecule has 0 saturated heterocycles. The van der Waals surface area contributed by atoms with Crippen LogP contribution in [0.1, 0.15) is 63.8 Å². The third-order valence-electron chi connectivity index (χ3n) is 11.3. The van der Waals surface area contributed by atoms with Crippen molar-refractivity contribution in [3.8, 4) is 44.5 Å². The number of hydrogen-bond acceptors (Lipinski definition) is 0. The van der Waals surface area contributed by atoms with Gasteiger partial charge in [0.15, 0.2) is 0 Å². The van der Waals surface area contributed by atoms with E-state index in [4.69, 9.17) is 0 Å². The monoisotopic (exact) mass is 750 g/mol. The summed E-state index contributed by atoms with van der Waals surface area (Å²) in [5, 5.41) is 10.2. The molecule has 0 atom stereocenters. The normalized spacial score (nSPS) is 11.3. The third-order valence-corrected chi connectivity index (χ3v) is 11.3. The molecule has 0 saturated carbocycles. The molecule has 9 aromatic rings. The van der Waals surface area contributed by atoms with Crippen LogP contribution in [0.5, 0.6) is 0 Å². The van der Waals surface area contributed by atoms with Gasteiger partial charge in [-0.1, -0.05) is 173 Å². The summed E-state index contributed by atoms with van der Waals surface area (Å²) in [7, 11) is 0. The van der Waals surface area contributed by atoms with Crippen LogP contribution in [0.3, 0.4) is 0 Å². The summed E-state index contributed by atoms with van der Waals surface area (Å²) in [4.78, 5) is 0. The lowest BCUT2D eigenvalue weighted by atomic mass is 9.87. The Morgan fingerprint density at radius 1 is 0.328 bits per heavy atom. The van der Waals surface area contributed by atoms with Crippen molar-refractivity contribution in [2.45, 2.75) is 55.4 Å². The molecular formula is C58H54. The fraction of sp³-hybridized carbons (Fsp3) is 0.138. The summed E-state index contributed by atoms with van der Waals surface area (Å²) in [6.45, 7) is 16.7. The highest BCUT2D eigenvalue weighted by Gasteiger charge is 2.15. The first-order valence-corrected chi connectivity index (χ1v) is 21.0. The van der Waals surface area contributed by atoms with Crippen molar-refractivity contribution in [2.75, 3.05) is 0 Å². The fourth-order valence-electron chi connectivity index (χ4n) is 8.47. The Morgan fingerprint density at radius 3 is 1.40 bits per heavy atom. The molecule has 0 N–H and O–H groups in total. The maximum Gasteiger partial charge on any atom is -0.00988 e. The molecule has 0 heterocycles. The van der Waals surface area contributed by atoms with Crippen LogP contribution in [0.25, 0.3) is 99.7 Å². The van der Waals surface area contributed by atoms with Gasteiger partial charge in [-0.25, -0.2) is 0 Å². The smallest absolute Gasteiger partial charge is 0.00988 e. The van der Waals surface area contributed by atoms with Crippen LogP contribution >= 0.6 is 0 Å². The maximum absolute atomic E-state index is 2.39. The van der Waals surface area contributed by atoms with Crippen molar-refractivity contribution >= 4 is 55.2 Å². The van der Waals surface area contributed by atoms with Gasteiger partial charge in [0, 0.05) is 0 Å². The molecule has 0 aliphatic rings. The van der Waals surface area contributed by atoms with Crippen molar-refractivity contribution in [3.63, 3.8) is 0 Å². The molecule has 9 aromatic carbocycles. The van der Waals surface area contributed by atoms with Gasteiger partial charge in [0.2, 0.25) is 0 Å². The molecule has 0 aliphatic carbocycles. The molecule has 58 heavy (non-hydrogen) atoms. The summed E-state index contributed by atoms with van der Waals surface area (Å²) in [6.07, 6.45) is 8.75. The second-order valence-corrected chi connectivity index (χ2v) is 14.4. The van der Waals surface area contributed by atoms with Crippen LogP contribution in [0.4, 0.5) is 0 Å². The number of hydrogen-bond donors (Lipinski definition) is 0. The molecule has 0 aromatic heterocycles. The Bertz CT molecular complexity index is 2970. The van der Waals surface area contributed by atoms with Crippen molar-refractivity contribution in [1.29, 1.82) is 0 Å². The zero-order chi connectivity index (χ0) is 40.8. The van der Waals surface area contributed by atoms with Crippen molar-refractivity contribution < 1.29 is 0 Å². The van der Waals surface area contributed by atoms with Crippen molar-refractivity contribution in [3.05, 3.63) is 192 Å². The molecule has 0 amide bonds. The van der Waals surface area contributed by atoms with E-state index in [1.165, 1.54) is 110 Å². The van der Waals surface area contributed by atoms with E-state index in [0.717, 1.165) is 0 Å². The molecule has 0 fully saturated rings. The highest BCUT2D eigenvalue weighted by molar-refractivity contribution is 6.16. The Balaban J connectivity index is 0.00000124. The molecule has 0 nitrogen and oxygen atoms in total. The highest BCUT2D eigenvalue weighted by Crippen LogP contribution is 2.41. The lowest BCUT2D eigenvalue weighted by Crippen LogP contribution is -1.95. The van der Waals surface area contributed by atoms with Gasteiger partial charge in [-0.3, -0.25) is 0 Å². The predicted octanol–water partition coefficient (Wildman–Crippen LogP) is 17.7. The summed E-state index contributed by atoms with van der Waals surface area (Å²) < 4.78 is 0. The molecule has 286 valence electrons. The van der Waals surface area contributed by atoms with Gasteiger partial charge in [-0.2, -0.15) is 0 Å². The van der Waals surface area contributed by atoms with E-state index in [1.54, 1.807) is 0 Å². The van der Waals surface area contributed by atoms with E-state index in [0.29, 0.717) is 0 Å². The minimum Gasteiger partial charge on any atom is -0.0871 e. The zero-order valence-corrected chi connectivity index (χ0v) is 35.3. The largest absolute Gasteiger partial charge is 0.0871 e. The molecule has 0 heteroatoms. The number of rotatable bonds is 6. The second kappa shape index (κ2) is 17.7. The first-order chi connectivity index (χ1) is 28.5. The van der Waals surface area contributed by atoms with E-state index in [1.807, 2.05) is 27.7 Å². The van der Waals surface area contributed by atoms with Crippen molar-refractivity contribution in [2.24, 2.45) is 0 Å². The van der Waals surface area contributed by atoms with Gasteiger partial charge < -0.3 is 0 Å². The summed E-state index contributed by atoms with van der Waals surface area (Å²) in [5.41, 5.74) is 15.1. The number of fused-ring (bicyclic) bond motifs is 6. The summed E-state index contributed by atoms with van der Waals surface area (Å²) in [5.74, 6) is 0. The van der Waals surface area contributed by atoms with Crippen LogP contribution in [0.15, 0.2) is 170 Å². The first kappa shape index (κ1) is 39.7. The SMILES string of the molecule is C/C=C\c1cc(-c2cccc(-c3ccc4cc(-c5cccc(-c6cc7ccccc7c7ccccc67)c5)c5ccccc5c4c3)c2)c(/C=C\C)c(C)c1C.CC.CC. The molecule has 0 radical (unpaired) electrons. The Hall–Kier alpha value is -6.50. The third kappa shape index (κ3) is 7.39. The average Bonchev–Trinajstić information content (AvgIpc) is 3.29. The molecule has 0 aliphatic heterocycles. The average molecular weight is 751 g/mol. The van der Waals surface area contributed by atoms with Gasteiger partial charge in [0.1, 0.15) is 0 Å². The summed E-state index contributed by atoms with van der Waals surface area (Å²) in [6, 6.07) is 58.6.